The first-order valence-electron chi connectivity index (χ1n) is 22.7. The third-order valence-corrected chi connectivity index (χ3v) is 16.2. The second kappa shape index (κ2) is 17.8. The Hall–Kier alpha value is -4.28. The van der Waals surface area contributed by atoms with Crippen LogP contribution < -0.4 is 0 Å². The molecular weight excluding hydrogens is 769 g/mol. The van der Waals surface area contributed by atoms with Crippen molar-refractivity contribution >= 4 is 23.8 Å². The number of carbonyl (C=O) groups excluding carboxylic acids is 4. The van der Waals surface area contributed by atoms with Crippen LogP contribution in [0.2, 0.25) is 0 Å². The zero-order chi connectivity index (χ0) is 43.9. The summed E-state index contributed by atoms with van der Waals surface area (Å²) in [6.07, 6.45) is 5.77. The maximum Gasteiger partial charge on any atom is 0.339 e. The monoisotopic (exact) mass is 836 g/mol. The van der Waals surface area contributed by atoms with Crippen LogP contribution in [-0.2, 0) is 30.4 Å². The molecule has 0 radical (unpaired) electrons. The van der Waals surface area contributed by atoms with Gasteiger partial charge in [0.2, 0.25) is 0 Å². The number of hydrogen-bond acceptors (Lipinski definition) is 9. The van der Waals surface area contributed by atoms with E-state index < -0.39 is 35.5 Å². The fraction of sp³-hybridized carbons (Fsp3) is 0.608. The molecule has 10 heteroatoms. The molecule has 0 spiro atoms. The number of carbonyl (C=O) groups is 4. The Kier molecular flexibility index (Phi) is 13.1. The summed E-state index contributed by atoms with van der Waals surface area (Å²) in [6.45, 7) is 17.6. The Morgan fingerprint density at radius 2 is 1.52 bits per heavy atom. The third kappa shape index (κ3) is 8.48. The number of aliphatic hydroxyl groups is 1. The van der Waals surface area contributed by atoms with Gasteiger partial charge >= 0.3 is 17.9 Å². The Bertz CT molecular complexity index is 2030. The van der Waals surface area contributed by atoms with Crippen LogP contribution in [0.1, 0.15) is 126 Å². The van der Waals surface area contributed by atoms with Gasteiger partial charge in [0.1, 0.15) is 18.8 Å². The fourth-order valence-corrected chi connectivity index (χ4v) is 13.0. The van der Waals surface area contributed by atoms with Gasteiger partial charge in [0.25, 0.3) is 5.91 Å². The molecule has 61 heavy (non-hydrogen) atoms. The first-order valence-corrected chi connectivity index (χ1v) is 22.7. The molecule has 1 aliphatic heterocycles. The summed E-state index contributed by atoms with van der Waals surface area (Å²) in [4.78, 5) is 58.8. The topological polar surface area (TPSA) is 123 Å². The van der Waals surface area contributed by atoms with Gasteiger partial charge in [-0.2, -0.15) is 0 Å². The molecule has 7 rings (SSSR count). The molecule has 2 aromatic rings. The van der Waals surface area contributed by atoms with Crippen molar-refractivity contribution in [1.29, 1.82) is 0 Å². The highest BCUT2D eigenvalue weighted by Crippen LogP contribution is 2.74. The minimum atomic E-state index is -0.667. The van der Waals surface area contributed by atoms with Crippen molar-refractivity contribution in [2.75, 3.05) is 33.2 Å². The van der Waals surface area contributed by atoms with E-state index in [2.05, 4.69) is 38.7 Å². The molecule has 0 aromatic heterocycles. The van der Waals surface area contributed by atoms with Crippen molar-refractivity contribution in [3.63, 3.8) is 0 Å². The van der Waals surface area contributed by atoms with Gasteiger partial charge in [-0.05, 0) is 135 Å². The van der Waals surface area contributed by atoms with Gasteiger partial charge in [-0.15, -0.1) is 0 Å². The fourth-order valence-electron chi connectivity index (χ4n) is 13.0. The van der Waals surface area contributed by atoms with Gasteiger partial charge in [0.15, 0.2) is 0 Å². The molecule has 1 heterocycles. The summed E-state index contributed by atoms with van der Waals surface area (Å²) in [6, 6.07) is 16.7. The molecule has 330 valence electrons. The predicted molar refractivity (Wildman–Crippen MR) is 234 cm³/mol. The molecular formula is C51H68N2O8. The van der Waals surface area contributed by atoms with Crippen LogP contribution in [-0.4, -0.2) is 90.3 Å². The van der Waals surface area contributed by atoms with E-state index >= 15 is 0 Å². The van der Waals surface area contributed by atoms with Crippen molar-refractivity contribution in [1.82, 2.24) is 9.80 Å². The van der Waals surface area contributed by atoms with Crippen molar-refractivity contribution in [2.45, 2.75) is 125 Å². The standard InChI is InChI=1S/C51H68N2O8/c1-32(2)15-14-20-38(47(57)59-31-35-16-10-9-11-17-35)44-40-29-41(55)45-49(5)23-22-42(33(3)39(49)21-24-50(45,6)51(40,7)30-43(44)60-34(4)54)61-48(58)37-19-13-12-18-36(37)46(56)53-27-25-52(8)26-28-53/h9-13,15-19,33,39-43,45,55H,14,20-31H2,1-8H3/b44-38-/t33-,39-,40-,41+,42+,43-,45-,49-,50-,51-/m0/s1. The lowest BCUT2D eigenvalue weighted by molar-refractivity contribution is -0.234. The van der Waals surface area contributed by atoms with Gasteiger partial charge in [-0.3, -0.25) is 9.59 Å². The minimum absolute atomic E-state index is 0.0272. The highest BCUT2D eigenvalue weighted by molar-refractivity contribution is 6.05. The summed E-state index contributed by atoms with van der Waals surface area (Å²) in [5.74, 6) is -1.44. The molecule has 0 bridgehead atoms. The minimum Gasteiger partial charge on any atom is -0.458 e. The quantitative estimate of drug-likeness (QED) is 0.109. The zero-order valence-electron chi connectivity index (χ0n) is 37.7. The summed E-state index contributed by atoms with van der Waals surface area (Å²) < 4.78 is 18.6. The number of hydrogen-bond donors (Lipinski definition) is 1. The molecule has 4 aliphatic carbocycles. The van der Waals surface area contributed by atoms with E-state index in [-0.39, 0.29) is 53.1 Å². The van der Waals surface area contributed by atoms with E-state index in [1.165, 1.54) is 6.92 Å². The van der Waals surface area contributed by atoms with Crippen LogP contribution in [0, 0.1) is 39.9 Å². The average Bonchev–Trinajstić information content (AvgIpc) is 3.50. The first-order chi connectivity index (χ1) is 29.0. The molecule has 5 fully saturated rings. The maximum absolute atomic E-state index is 14.3. The number of nitrogens with zero attached hydrogens (tertiary/aromatic N) is 2. The van der Waals surface area contributed by atoms with E-state index in [1.54, 1.807) is 24.3 Å². The Balaban J connectivity index is 1.15. The van der Waals surface area contributed by atoms with Crippen molar-refractivity contribution in [3.8, 4) is 0 Å². The number of amides is 1. The largest absolute Gasteiger partial charge is 0.458 e. The molecule has 10 atom stereocenters. The average molecular weight is 837 g/mol. The molecule has 1 N–H and O–H groups in total. The van der Waals surface area contributed by atoms with E-state index in [0.717, 1.165) is 49.1 Å². The zero-order valence-corrected chi connectivity index (χ0v) is 37.7. The molecule has 4 saturated carbocycles. The van der Waals surface area contributed by atoms with Gasteiger partial charge in [0, 0.05) is 38.7 Å². The number of benzene rings is 2. The molecule has 0 unspecified atom stereocenters. The van der Waals surface area contributed by atoms with E-state index in [0.29, 0.717) is 61.9 Å². The molecule has 1 amide bonds. The number of aliphatic hydroxyl groups excluding tert-OH is 1. The molecule has 5 aliphatic rings. The number of allylic oxidation sites excluding steroid dienone is 2. The Morgan fingerprint density at radius 3 is 2.20 bits per heavy atom. The summed E-state index contributed by atoms with van der Waals surface area (Å²) in [5.41, 5.74) is 3.11. The summed E-state index contributed by atoms with van der Waals surface area (Å²) in [7, 11) is 2.05. The summed E-state index contributed by atoms with van der Waals surface area (Å²) >= 11 is 0. The number of piperazine rings is 1. The van der Waals surface area contributed by atoms with E-state index in [9.17, 15) is 24.3 Å². The lowest BCUT2D eigenvalue weighted by Crippen LogP contribution is -2.65. The number of esters is 3. The third-order valence-electron chi connectivity index (χ3n) is 16.2. The van der Waals surface area contributed by atoms with Crippen LogP contribution in [0.3, 0.4) is 0 Å². The van der Waals surface area contributed by atoms with Crippen molar-refractivity contribution in [3.05, 3.63) is 94.1 Å². The van der Waals surface area contributed by atoms with E-state index in [1.807, 2.05) is 56.1 Å². The van der Waals surface area contributed by atoms with Crippen LogP contribution >= 0.6 is 0 Å². The Labute approximate surface area is 363 Å². The second-order valence-electron chi connectivity index (χ2n) is 19.9. The maximum atomic E-state index is 14.3. The molecule has 2 aromatic carbocycles. The van der Waals surface area contributed by atoms with E-state index in [4.69, 9.17) is 14.2 Å². The highest BCUT2D eigenvalue weighted by Gasteiger charge is 2.71. The van der Waals surface area contributed by atoms with Crippen molar-refractivity contribution in [2.24, 2.45) is 39.9 Å². The number of likely N-dealkylation sites (N-methyl/N-ethyl adjacent to an activating group) is 1. The predicted octanol–water partition coefficient (Wildman–Crippen LogP) is 8.58. The van der Waals surface area contributed by atoms with Crippen LogP contribution in [0.25, 0.3) is 0 Å². The first kappa shape index (κ1) is 44.8. The van der Waals surface area contributed by atoms with Crippen LogP contribution in [0.15, 0.2) is 77.4 Å². The lowest BCUT2D eigenvalue weighted by atomic mass is 9.36. The summed E-state index contributed by atoms with van der Waals surface area (Å²) in [5, 5.41) is 12.6. The van der Waals surface area contributed by atoms with Gasteiger partial charge in [0.05, 0.1) is 17.2 Å². The number of rotatable bonds is 10. The SMILES string of the molecule is CC(=O)O[C@H]1C[C@@]2(C)[C@@H](C[C@@H](O)[C@H]3[C@@]4(C)CC[C@@H](OC(=O)c5ccccc5C(=O)N5CCN(C)CC5)[C@@H](C)[C@@H]4CC[C@@]32C)/C1=C(\CCC=C(C)C)C(=O)OCc1ccccc1. The number of fused-ring (bicyclic) bond motifs is 5. The van der Waals surface area contributed by atoms with Gasteiger partial charge in [-0.1, -0.05) is 81.8 Å². The molecule has 10 nitrogen and oxygen atoms in total. The van der Waals surface area contributed by atoms with Crippen LogP contribution in [0.4, 0.5) is 0 Å². The lowest BCUT2D eigenvalue weighted by Gasteiger charge is -2.69. The van der Waals surface area contributed by atoms with Gasteiger partial charge < -0.3 is 29.1 Å². The normalized spacial score (nSPS) is 34.2. The Morgan fingerprint density at radius 1 is 0.852 bits per heavy atom. The second-order valence-corrected chi connectivity index (χ2v) is 19.9. The van der Waals surface area contributed by atoms with Gasteiger partial charge in [-0.25, -0.2) is 9.59 Å². The van der Waals surface area contributed by atoms with Crippen LogP contribution in [0.5, 0.6) is 0 Å². The van der Waals surface area contributed by atoms with Crippen molar-refractivity contribution < 1.29 is 38.5 Å². The highest BCUT2D eigenvalue weighted by atomic mass is 16.6. The number of ether oxygens (including phenoxy) is 3. The molecule has 1 saturated heterocycles. The smallest absolute Gasteiger partial charge is 0.339 e.